The van der Waals surface area contributed by atoms with Crippen LogP contribution in [0.3, 0.4) is 0 Å². The summed E-state index contributed by atoms with van der Waals surface area (Å²) in [4.78, 5) is 28.0. The van der Waals surface area contributed by atoms with E-state index in [1.54, 1.807) is 32.4 Å². The van der Waals surface area contributed by atoms with Gasteiger partial charge in [-0.1, -0.05) is 52.3 Å². The van der Waals surface area contributed by atoms with Gasteiger partial charge in [-0.15, -0.1) is 0 Å². The summed E-state index contributed by atoms with van der Waals surface area (Å²) >= 11 is 3.46. The van der Waals surface area contributed by atoms with E-state index in [9.17, 15) is 14.7 Å². The van der Waals surface area contributed by atoms with Gasteiger partial charge in [0.1, 0.15) is 17.3 Å². The highest BCUT2D eigenvalue weighted by molar-refractivity contribution is 9.10. The molecule has 6 nitrogen and oxygen atoms in total. The molecule has 1 aliphatic rings. The summed E-state index contributed by atoms with van der Waals surface area (Å²) in [7, 11) is 3.15. The van der Waals surface area contributed by atoms with E-state index in [1.807, 2.05) is 55.5 Å². The summed E-state index contributed by atoms with van der Waals surface area (Å²) < 4.78 is 11.7. The number of hydrogen-bond acceptors (Lipinski definition) is 5. The van der Waals surface area contributed by atoms with Crippen LogP contribution in [0.5, 0.6) is 11.5 Å². The Morgan fingerprint density at radius 2 is 1.71 bits per heavy atom. The molecule has 0 aliphatic carbocycles. The Kier molecular flexibility index (Phi) is 7.26. The number of methoxy groups -OCH3 is 2. The number of ketones is 1. The molecule has 0 spiro atoms. The molecule has 1 N–H and O–H groups in total. The van der Waals surface area contributed by atoms with Crippen molar-refractivity contribution < 1.29 is 24.2 Å². The number of aliphatic hydroxyl groups is 1. The molecular weight excluding hydrogens is 510 g/mol. The molecule has 3 aromatic carbocycles. The Morgan fingerprint density at radius 3 is 2.37 bits per heavy atom. The van der Waals surface area contributed by atoms with Gasteiger partial charge in [0.05, 0.1) is 25.8 Å². The van der Waals surface area contributed by atoms with Crippen LogP contribution in [0.25, 0.3) is 5.76 Å². The van der Waals surface area contributed by atoms with E-state index in [2.05, 4.69) is 15.9 Å². The van der Waals surface area contributed by atoms with Crippen molar-refractivity contribution in [3.63, 3.8) is 0 Å². The van der Waals surface area contributed by atoms with Crippen molar-refractivity contribution in [2.75, 3.05) is 20.8 Å². The third kappa shape index (κ3) is 4.82. The minimum atomic E-state index is -0.784. The Balaban J connectivity index is 1.79. The third-order valence-electron chi connectivity index (χ3n) is 6.21. The number of rotatable bonds is 7. The van der Waals surface area contributed by atoms with Gasteiger partial charge in [0.2, 0.25) is 0 Å². The second-order valence-corrected chi connectivity index (χ2v) is 9.15. The number of Topliss-reactive ketones (excluding diaryl/α,β-unsaturated/α-hetero) is 1. The fraction of sp³-hybridized carbons (Fsp3) is 0.214. The summed E-state index contributed by atoms with van der Waals surface area (Å²) in [6.07, 6.45) is 0.528. The van der Waals surface area contributed by atoms with E-state index in [0.717, 1.165) is 21.3 Å². The largest absolute Gasteiger partial charge is 0.507 e. The molecule has 0 aromatic heterocycles. The predicted molar refractivity (Wildman–Crippen MR) is 138 cm³/mol. The van der Waals surface area contributed by atoms with Gasteiger partial charge in [0, 0.05) is 22.1 Å². The lowest BCUT2D eigenvalue weighted by molar-refractivity contribution is -0.139. The number of para-hydroxylation sites is 1. The number of aryl methyl sites for hydroxylation is 1. The van der Waals surface area contributed by atoms with Gasteiger partial charge >= 0.3 is 0 Å². The lowest BCUT2D eigenvalue weighted by Crippen LogP contribution is -2.31. The summed E-state index contributed by atoms with van der Waals surface area (Å²) in [6, 6.07) is 19.3. The van der Waals surface area contributed by atoms with E-state index in [0.29, 0.717) is 23.3 Å². The highest BCUT2D eigenvalue weighted by Gasteiger charge is 2.46. The van der Waals surface area contributed by atoms with Crippen molar-refractivity contribution in [1.82, 2.24) is 4.90 Å². The number of carbonyl (C=O) groups excluding carboxylic acids is 2. The number of carbonyl (C=O) groups is 2. The molecule has 1 amide bonds. The van der Waals surface area contributed by atoms with Gasteiger partial charge in [-0.05, 0) is 54.8 Å². The van der Waals surface area contributed by atoms with Crippen molar-refractivity contribution in [2.45, 2.75) is 19.4 Å². The van der Waals surface area contributed by atoms with E-state index in [1.165, 1.54) is 4.90 Å². The van der Waals surface area contributed by atoms with Crippen molar-refractivity contribution in [3.05, 3.63) is 99.0 Å². The first-order valence-electron chi connectivity index (χ1n) is 11.2. The molecular formula is C28H26BrNO5. The average molecular weight is 536 g/mol. The predicted octanol–water partition coefficient (Wildman–Crippen LogP) is 5.44. The van der Waals surface area contributed by atoms with Crippen molar-refractivity contribution >= 4 is 33.4 Å². The lowest BCUT2D eigenvalue weighted by Gasteiger charge is -2.26. The number of likely N-dealkylation sites (tertiary alicyclic amines) is 1. The van der Waals surface area contributed by atoms with Crippen LogP contribution in [0, 0.1) is 6.92 Å². The van der Waals surface area contributed by atoms with E-state index >= 15 is 0 Å². The van der Waals surface area contributed by atoms with Crippen LogP contribution in [-0.2, 0) is 16.0 Å². The Hall–Kier alpha value is -3.58. The van der Waals surface area contributed by atoms with Crippen LogP contribution < -0.4 is 9.47 Å². The first-order valence-corrected chi connectivity index (χ1v) is 12.0. The zero-order valence-corrected chi connectivity index (χ0v) is 21.3. The zero-order chi connectivity index (χ0) is 25.1. The van der Waals surface area contributed by atoms with Crippen molar-refractivity contribution in [1.29, 1.82) is 0 Å². The third-order valence-corrected chi connectivity index (χ3v) is 7.10. The summed E-state index contributed by atoms with van der Waals surface area (Å²) in [5, 5.41) is 11.3. The molecule has 4 rings (SSSR count). The van der Waals surface area contributed by atoms with E-state index in [4.69, 9.17) is 9.47 Å². The lowest BCUT2D eigenvalue weighted by atomic mass is 9.94. The summed E-state index contributed by atoms with van der Waals surface area (Å²) in [5.41, 5.74) is 3.06. The maximum atomic E-state index is 13.3. The number of ether oxygens (including phenoxy) is 2. The highest BCUT2D eigenvalue weighted by atomic mass is 79.9. The van der Waals surface area contributed by atoms with Gasteiger partial charge < -0.3 is 19.5 Å². The molecule has 180 valence electrons. The topological polar surface area (TPSA) is 76.1 Å². The Bertz CT molecular complexity index is 1300. The molecule has 1 aliphatic heterocycles. The Labute approximate surface area is 212 Å². The molecule has 1 atom stereocenters. The molecule has 35 heavy (non-hydrogen) atoms. The minimum absolute atomic E-state index is 0.0518. The maximum Gasteiger partial charge on any atom is 0.295 e. The molecule has 3 aromatic rings. The fourth-order valence-electron chi connectivity index (χ4n) is 4.32. The first kappa shape index (κ1) is 24.5. The number of aliphatic hydroxyl groups excluding tert-OH is 1. The average Bonchev–Trinajstić information content (AvgIpc) is 3.13. The quantitative estimate of drug-likeness (QED) is 0.247. The number of benzene rings is 3. The number of nitrogens with zero attached hydrogens (tertiary/aromatic N) is 1. The van der Waals surface area contributed by atoms with Crippen molar-refractivity contribution in [2.24, 2.45) is 0 Å². The zero-order valence-electron chi connectivity index (χ0n) is 19.7. The standard InChI is InChI=1S/C28H26BrNO5/c1-17-16-19(10-13-22(17)29)26(31)24-25(21-6-4-5-7-23(21)35-3)30(28(33)27(24)32)15-14-18-8-11-20(34-2)12-9-18/h4-13,16,25,31H,14-15H2,1-3H3/b26-24+. The van der Waals surface area contributed by atoms with E-state index < -0.39 is 17.7 Å². The smallest absolute Gasteiger partial charge is 0.295 e. The van der Waals surface area contributed by atoms with Crippen LogP contribution in [-0.4, -0.2) is 42.5 Å². The summed E-state index contributed by atoms with van der Waals surface area (Å²) in [5.74, 6) is -0.292. The van der Waals surface area contributed by atoms with Crippen molar-refractivity contribution in [3.8, 4) is 11.5 Å². The maximum absolute atomic E-state index is 13.3. The van der Waals surface area contributed by atoms with Gasteiger partial charge in [0.25, 0.3) is 11.7 Å². The molecule has 1 fully saturated rings. The number of halogens is 1. The molecule has 0 radical (unpaired) electrons. The minimum Gasteiger partial charge on any atom is -0.507 e. The first-order chi connectivity index (χ1) is 16.8. The van der Waals surface area contributed by atoms with Crippen LogP contribution in [0.4, 0.5) is 0 Å². The molecule has 1 heterocycles. The molecule has 1 unspecified atom stereocenters. The molecule has 1 saturated heterocycles. The monoisotopic (exact) mass is 535 g/mol. The highest BCUT2D eigenvalue weighted by Crippen LogP contribution is 2.42. The summed E-state index contributed by atoms with van der Waals surface area (Å²) in [6.45, 7) is 2.18. The molecule has 0 saturated carbocycles. The normalized spacial score (nSPS) is 17.0. The van der Waals surface area contributed by atoms with Crippen LogP contribution in [0.15, 0.2) is 76.8 Å². The number of hydrogen-bond donors (Lipinski definition) is 1. The molecule has 0 bridgehead atoms. The van der Waals surface area contributed by atoms with Gasteiger partial charge in [0.15, 0.2) is 0 Å². The SMILES string of the molecule is COc1ccc(CCN2C(=O)C(=O)/C(=C(/O)c3ccc(Br)c(C)c3)C2c2ccccc2OC)cc1. The second-order valence-electron chi connectivity index (χ2n) is 8.30. The fourth-order valence-corrected chi connectivity index (χ4v) is 4.56. The number of amides is 1. The van der Waals surface area contributed by atoms with Gasteiger partial charge in [-0.2, -0.15) is 0 Å². The molecule has 7 heteroatoms. The Morgan fingerprint density at radius 1 is 1.00 bits per heavy atom. The van der Waals surface area contributed by atoms with Crippen LogP contribution in [0.1, 0.15) is 28.3 Å². The van der Waals surface area contributed by atoms with Crippen LogP contribution in [0.2, 0.25) is 0 Å². The van der Waals surface area contributed by atoms with Gasteiger partial charge in [-0.3, -0.25) is 9.59 Å². The van der Waals surface area contributed by atoms with Gasteiger partial charge in [-0.25, -0.2) is 0 Å². The van der Waals surface area contributed by atoms with E-state index in [-0.39, 0.29) is 17.9 Å². The van der Waals surface area contributed by atoms with Crippen LogP contribution >= 0.6 is 15.9 Å². The second kappa shape index (κ2) is 10.4.